The van der Waals surface area contributed by atoms with Crippen molar-refractivity contribution in [2.24, 2.45) is 0 Å². The highest BCUT2D eigenvalue weighted by atomic mass is 35.7. The van der Waals surface area contributed by atoms with Crippen molar-refractivity contribution in [3.05, 3.63) is 27.7 Å². The maximum absolute atomic E-state index is 11.9. The molecule has 0 saturated heterocycles. The zero-order valence-corrected chi connectivity index (χ0v) is 14.1. The molecular formula is C10H10Cl3NO4S2. The first-order valence-corrected chi connectivity index (χ1v) is 9.94. The fraction of sp³-hybridized carbons (Fsp3) is 0.300. The van der Waals surface area contributed by atoms with Crippen LogP contribution in [-0.4, -0.2) is 37.1 Å². The first kappa shape index (κ1) is 17.7. The Balaban J connectivity index is 3.08. The van der Waals surface area contributed by atoms with E-state index < -0.39 is 25.8 Å². The van der Waals surface area contributed by atoms with E-state index in [1.165, 1.54) is 6.26 Å². The molecule has 0 aromatic heterocycles. The number of amides is 1. The van der Waals surface area contributed by atoms with E-state index in [9.17, 15) is 17.4 Å². The van der Waals surface area contributed by atoms with Gasteiger partial charge in [-0.05, 0) is 12.1 Å². The van der Waals surface area contributed by atoms with Crippen LogP contribution in [0.5, 0.6) is 0 Å². The lowest BCUT2D eigenvalue weighted by atomic mass is 10.2. The molecule has 1 rings (SSSR count). The van der Waals surface area contributed by atoms with Gasteiger partial charge in [0.2, 0.25) is 0 Å². The maximum atomic E-state index is 11.9. The number of benzene rings is 1. The van der Waals surface area contributed by atoms with Crippen molar-refractivity contribution in [1.29, 1.82) is 0 Å². The molecule has 112 valence electrons. The molecule has 20 heavy (non-hydrogen) atoms. The van der Waals surface area contributed by atoms with E-state index in [4.69, 9.17) is 33.9 Å². The fourth-order valence-corrected chi connectivity index (χ4v) is 2.93. The van der Waals surface area contributed by atoms with Crippen LogP contribution in [0.3, 0.4) is 0 Å². The van der Waals surface area contributed by atoms with Crippen molar-refractivity contribution in [3.8, 4) is 0 Å². The molecule has 0 fully saturated rings. The van der Waals surface area contributed by atoms with Gasteiger partial charge >= 0.3 is 0 Å². The molecule has 0 saturated carbocycles. The Labute approximate surface area is 133 Å². The third-order valence-corrected chi connectivity index (χ3v) is 5.12. The number of rotatable bonds is 5. The Bertz CT molecular complexity index is 661. The summed E-state index contributed by atoms with van der Waals surface area (Å²) < 4.78 is 33.4. The molecule has 0 aliphatic rings. The summed E-state index contributed by atoms with van der Waals surface area (Å²) in [6, 6.07) is 2.10. The van der Waals surface area contributed by atoms with Crippen LogP contribution in [0, 0.1) is 0 Å². The summed E-state index contributed by atoms with van der Waals surface area (Å²) >= 11 is 11.6. The van der Waals surface area contributed by atoms with Gasteiger partial charge in [0, 0.05) is 40.0 Å². The van der Waals surface area contributed by atoms with Crippen molar-refractivity contribution in [1.82, 2.24) is 5.32 Å². The minimum Gasteiger partial charge on any atom is -0.351 e. The zero-order valence-electron chi connectivity index (χ0n) is 10.2. The molecule has 0 radical (unpaired) electrons. The van der Waals surface area contributed by atoms with E-state index in [-0.39, 0.29) is 32.8 Å². The van der Waals surface area contributed by atoms with E-state index in [1.807, 2.05) is 0 Å². The average molecular weight is 379 g/mol. The minimum atomic E-state index is -4.03. The number of hydrogen-bond acceptors (Lipinski definition) is 4. The van der Waals surface area contributed by atoms with Crippen molar-refractivity contribution in [2.45, 2.75) is 4.90 Å². The largest absolute Gasteiger partial charge is 0.351 e. The van der Waals surface area contributed by atoms with Crippen LogP contribution in [0.25, 0.3) is 0 Å². The van der Waals surface area contributed by atoms with Crippen LogP contribution in [0.1, 0.15) is 10.4 Å². The Morgan fingerprint density at radius 1 is 1.35 bits per heavy atom. The van der Waals surface area contributed by atoms with Crippen LogP contribution in [0.4, 0.5) is 0 Å². The molecule has 1 atom stereocenters. The normalized spacial score (nSPS) is 13.0. The van der Waals surface area contributed by atoms with Gasteiger partial charge < -0.3 is 5.32 Å². The van der Waals surface area contributed by atoms with Crippen LogP contribution in [0.2, 0.25) is 10.0 Å². The van der Waals surface area contributed by atoms with Gasteiger partial charge in [0.25, 0.3) is 15.0 Å². The second kappa shape index (κ2) is 7.09. The standard InChI is InChI=1S/C10H10Cl3NO4S2/c1-19(16)3-2-14-10(15)7-4-6(20(13,17)18)5-8(11)9(7)12/h4-5H,2-3H2,1H3,(H,14,15). The van der Waals surface area contributed by atoms with Gasteiger partial charge in [-0.3, -0.25) is 9.00 Å². The smallest absolute Gasteiger partial charge is 0.261 e. The minimum absolute atomic E-state index is 0.0779. The van der Waals surface area contributed by atoms with Crippen LogP contribution in [-0.2, 0) is 19.9 Å². The molecule has 0 spiro atoms. The predicted octanol–water partition coefficient (Wildman–Crippen LogP) is 2.03. The number of carbonyl (C=O) groups excluding carboxylic acids is 1. The Morgan fingerprint density at radius 2 is 1.95 bits per heavy atom. The number of carbonyl (C=O) groups is 1. The lowest BCUT2D eigenvalue weighted by molar-refractivity contribution is 0.0956. The fourth-order valence-electron chi connectivity index (χ4n) is 1.27. The molecule has 1 unspecified atom stereocenters. The van der Waals surface area contributed by atoms with E-state index in [1.54, 1.807) is 0 Å². The quantitative estimate of drug-likeness (QED) is 0.795. The van der Waals surface area contributed by atoms with Crippen LogP contribution < -0.4 is 5.32 Å². The highest BCUT2D eigenvalue weighted by Gasteiger charge is 2.19. The van der Waals surface area contributed by atoms with Crippen LogP contribution in [0.15, 0.2) is 17.0 Å². The molecule has 1 aromatic rings. The summed E-state index contributed by atoms with van der Waals surface area (Å²) in [6.45, 7) is 0.160. The third-order valence-electron chi connectivity index (χ3n) is 2.20. The highest BCUT2D eigenvalue weighted by Crippen LogP contribution is 2.30. The van der Waals surface area contributed by atoms with E-state index in [0.29, 0.717) is 0 Å². The van der Waals surface area contributed by atoms with Crippen LogP contribution >= 0.6 is 33.9 Å². The molecular weight excluding hydrogens is 369 g/mol. The first-order chi connectivity index (χ1) is 9.12. The van der Waals surface area contributed by atoms with E-state index in [2.05, 4.69) is 5.32 Å². The Hall–Kier alpha value is -0.340. The molecule has 1 N–H and O–H groups in total. The van der Waals surface area contributed by atoms with Crippen molar-refractivity contribution < 1.29 is 17.4 Å². The molecule has 0 heterocycles. The Kier molecular flexibility index (Phi) is 6.27. The SMILES string of the molecule is CS(=O)CCNC(=O)c1cc(S(=O)(=O)Cl)cc(Cl)c1Cl. The van der Waals surface area contributed by atoms with Crippen molar-refractivity contribution in [2.75, 3.05) is 18.6 Å². The van der Waals surface area contributed by atoms with Gasteiger partial charge in [-0.2, -0.15) is 0 Å². The molecule has 1 aromatic carbocycles. The van der Waals surface area contributed by atoms with Gasteiger partial charge in [0.15, 0.2) is 0 Å². The average Bonchev–Trinajstić information content (AvgIpc) is 2.30. The summed E-state index contributed by atoms with van der Waals surface area (Å²) in [4.78, 5) is 11.6. The first-order valence-electron chi connectivity index (χ1n) is 5.15. The summed E-state index contributed by atoms with van der Waals surface area (Å²) in [5, 5.41) is 2.29. The summed E-state index contributed by atoms with van der Waals surface area (Å²) in [7, 11) is 0.115. The maximum Gasteiger partial charge on any atom is 0.261 e. The molecule has 0 aliphatic carbocycles. The van der Waals surface area contributed by atoms with Gasteiger partial charge in [-0.1, -0.05) is 23.2 Å². The lowest BCUT2D eigenvalue weighted by Gasteiger charge is -2.09. The third kappa shape index (κ3) is 4.89. The molecule has 5 nitrogen and oxygen atoms in total. The van der Waals surface area contributed by atoms with Gasteiger partial charge in [-0.25, -0.2) is 8.42 Å². The topological polar surface area (TPSA) is 80.3 Å². The molecule has 0 aliphatic heterocycles. The number of hydrogen-bond donors (Lipinski definition) is 1. The van der Waals surface area contributed by atoms with E-state index in [0.717, 1.165) is 12.1 Å². The zero-order chi connectivity index (χ0) is 15.5. The highest BCUT2D eigenvalue weighted by molar-refractivity contribution is 8.13. The summed E-state index contributed by atoms with van der Waals surface area (Å²) in [6.07, 6.45) is 1.50. The molecule has 10 heteroatoms. The summed E-state index contributed by atoms with van der Waals surface area (Å²) in [5.74, 6) is -0.352. The van der Waals surface area contributed by atoms with Gasteiger partial charge in [-0.15, -0.1) is 0 Å². The predicted molar refractivity (Wildman–Crippen MR) is 80.8 cm³/mol. The number of nitrogens with one attached hydrogen (secondary N) is 1. The van der Waals surface area contributed by atoms with Gasteiger partial charge in [0.05, 0.1) is 20.5 Å². The Morgan fingerprint density at radius 3 is 2.45 bits per heavy atom. The second-order valence-corrected chi connectivity index (χ2v) is 8.64. The van der Waals surface area contributed by atoms with E-state index >= 15 is 0 Å². The van der Waals surface area contributed by atoms with Crippen molar-refractivity contribution >= 4 is 59.6 Å². The molecule has 0 bridgehead atoms. The second-order valence-electron chi connectivity index (χ2n) is 3.74. The van der Waals surface area contributed by atoms with Crippen molar-refractivity contribution in [3.63, 3.8) is 0 Å². The van der Waals surface area contributed by atoms with Gasteiger partial charge in [0.1, 0.15) is 0 Å². The lowest BCUT2D eigenvalue weighted by Crippen LogP contribution is -2.28. The summed E-state index contributed by atoms with van der Waals surface area (Å²) in [5.41, 5.74) is -0.111. The monoisotopic (exact) mass is 377 g/mol. The number of halogens is 3. The molecule has 1 amide bonds.